The molecular weight excluding hydrogens is 298 g/mol. The Morgan fingerprint density at radius 3 is 1.83 bits per heavy atom. The molecule has 0 saturated carbocycles. The number of nitrogens with one attached hydrogen (secondary N) is 1. The maximum atomic E-state index is 12.6. The van der Waals surface area contributed by atoms with E-state index in [1.54, 1.807) is 25.7 Å². The number of carbonyl (C=O) groups excluding carboxylic acids is 2. The van der Waals surface area contributed by atoms with Crippen molar-refractivity contribution in [3.8, 4) is 0 Å². The lowest BCUT2D eigenvalue weighted by Crippen LogP contribution is -2.59. The van der Waals surface area contributed by atoms with Crippen LogP contribution in [0.4, 0.5) is 0 Å². The van der Waals surface area contributed by atoms with Gasteiger partial charge in [-0.3, -0.25) is 14.5 Å². The van der Waals surface area contributed by atoms with Crippen molar-refractivity contribution in [1.29, 1.82) is 0 Å². The van der Waals surface area contributed by atoms with Crippen molar-refractivity contribution in [3.05, 3.63) is 0 Å². The summed E-state index contributed by atoms with van der Waals surface area (Å²) in [4.78, 5) is 39.1. The summed E-state index contributed by atoms with van der Waals surface area (Å²) in [6, 6.07) is -1.27. The van der Waals surface area contributed by atoms with E-state index in [2.05, 4.69) is 5.32 Å². The molecule has 132 valence electrons. The van der Waals surface area contributed by atoms with Gasteiger partial charge in [-0.2, -0.15) is 0 Å². The third-order valence-electron chi connectivity index (χ3n) is 4.28. The van der Waals surface area contributed by atoms with E-state index in [4.69, 9.17) is 0 Å². The zero-order valence-electron chi connectivity index (χ0n) is 14.7. The quantitative estimate of drug-likeness (QED) is 0.737. The van der Waals surface area contributed by atoms with E-state index in [1.807, 2.05) is 18.7 Å². The highest BCUT2D eigenvalue weighted by atomic mass is 16.4. The second kappa shape index (κ2) is 8.29. The van der Waals surface area contributed by atoms with Crippen molar-refractivity contribution in [2.24, 2.45) is 11.8 Å². The number of carboxylic acid groups (broad SMARTS) is 1. The minimum absolute atomic E-state index is 0.0425. The molecule has 7 heteroatoms. The van der Waals surface area contributed by atoms with Gasteiger partial charge in [-0.05, 0) is 11.8 Å². The van der Waals surface area contributed by atoms with Crippen molar-refractivity contribution in [3.63, 3.8) is 0 Å². The number of hydrogen-bond donors (Lipinski definition) is 2. The molecule has 0 aromatic carbocycles. The second-order valence-electron chi connectivity index (χ2n) is 6.80. The Hall–Kier alpha value is -1.63. The van der Waals surface area contributed by atoms with Gasteiger partial charge in [0.15, 0.2) is 0 Å². The van der Waals surface area contributed by atoms with E-state index in [9.17, 15) is 19.5 Å². The van der Waals surface area contributed by atoms with Crippen molar-refractivity contribution < 1.29 is 19.5 Å². The number of nitrogens with zero attached hydrogens (tertiary/aromatic N) is 2. The Morgan fingerprint density at radius 1 is 0.957 bits per heavy atom. The second-order valence-corrected chi connectivity index (χ2v) is 6.80. The van der Waals surface area contributed by atoms with Crippen LogP contribution in [0.2, 0.25) is 0 Å². The molecule has 2 N–H and O–H groups in total. The topological polar surface area (TPSA) is 90.0 Å². The zero-order chi connectivity index (χ0) is 17.7. The molecule has 0 aromatic heterocycles. The van der Waals surface area contributed by atoms with Crippen LogP contribution in [-0.4, -0.2) is 71.0 Å². The van der Waals surface area contributed by atoms with Crippen molar-refractivity contribution in [2.75, 3.05) is 26.2 Å². The van der Waals surface area contributed by atoms with Crippen LogP contribution < -0.4 is 5.32 Å². The van der Waals surface area contributed by atoms with Gasteiger partial charge in [0.2, 0.25) is 11.8 Å². The predicted octanol–water partition coefficient (Wildman–Crippen LogP) is 0.401. The molecule has 1 heterocycles. The van der Waals surface area contributed by atoms with Gasteiger partial charge in [0.05, 0.1) is 6.04 Å². The number of piperazine rings is 1. The van der Waals surface area contributed by atoms with Crippen LogP contribution in [0.1, 0.15) is 34.6 Å². The van der Waals surface area contributed by atoms with Gasteiger partial charge in [0.25, 0.3) is 0 Å². The van der Waals surface area contributed by atoms with Crippen LogP contribution in [0.5, 0.6) is 0 Å². The highest BCUT2D eigenvalue weighted by molar-refractivity contribution is 5.87. The Labute approximate surface area is 138 Å². The molecule has 7 nitrogen and oxygen atoms in total. The lowest BCUT2D eigenvalue weighted by atomic mass is 9.98. The Balaban J connectivity index is 2.77. The van der Waals surface area contributed by atoms with Crippen LogP contribution >= 0.6 is 0 Å². The largest absolute Gasteiger partial charge is 0.480 e. The highest BCUT2D eigenvalue weighted by Gasteiger charge is 2.34. The fourth-order valence-electron chi connectivity index (χ4n) is 2.96. The number of carbonyl (C=O) groups is 3. The van der Waals surface area contributed by atoms with Crippen molar-refractivity contribution in [1.82, 2.24) is 15.1 Å². The summed E-state index contributed by atoms with van der Waals surface area (Å²) in [7, 11) is 0. The SMILES string of the molecule is CC(=O)N1CCN(C(C(=O)NC(C(=O)O)C(C)C)C(C)C)CC1. The summed E-state index contributed by atoms with van der Waals surface area (Å²) in [5.41, 5.74) is 0. The van der Waals surface area contributed by atoms with E-state index in [0.29, 0.717) is 26.2 Å². The van der Waals surface area contributed by atoms with Crippen LogP contribution in [0, 0.1) is 11.8 Å². The van der Waals surface area contributed by atoms with Crippen molar-refractivity contribution in [2.45, 2.75) is 46.7 Å². The summed E-state index contributed by atoms with van der Waals surface area (Å²) in [6.07, 6.45) is 0. The molecule has 2 unspecified atom stereocenters. The molecular formula is C16H29N3O4. The molecule has 0 bridgehead atoms. The van der Waals surface area contributed by atoms with Crippen LogP contribution in [0.25, 0.3) is 0 Å². The highest BCUT2D eigenvalue weighted by Crippen LogP contribution is 2.15. The first-order chi connectivity index (χ1) is 10.6. The summed E-state index contributed by atoms with van der Waals surface area (Å²) >= 11 is 0. The molecule has 1 saturated heterocycles. The average Bonchev–Trinajstić information content (AvgIpc) is 2.44. The standard InChI is InChI=1S/C16H29N3O4/c1-10(2)13(16(22)23)17-15(21)14(11(3)4)19-8-6-18(7-9-19)12(5)20/h10-11,13-14H,6-9H2,1-5H3,(H,17,21)(H,22,23). The van der Waals surface area contributed by atoms with Crippen molar-refractivity contribution >= 4 is 17.8 Å². The minimum atomic E-state index is -1.02. The van der Waals surface area contributed by atoms with Gasteiger partial charge in [-0.15, -0.1) is 0 Å². The van der Waals surface area contributed by atoms with Crippen LogP contribution in [0.15, 0.2) is 0 Å². The van der Waals surface area contributed by atoms with Gasteiger partial charge in [0, 0.05) is 33.1 Å². The molecule has 0 aliphatic carbocycles. The van der Waals surface area contributed by atoms with Crippen LogP contribution in [0.3, 0.4) is 0 Å². The molecule has 2 atom stereocenters. The number of hydrogen-bond acceptors (Lipinski definition) is 4. The third-order valence-corrected chi connectivity index (χ3v) is 4.28. The maximum absolute atomic E-state index is 12.6. The number of rotatable bonds is 6. The lowest BCUT2D eigenvalue weighted by Gasteiger charge is -2.40. The summed E-state index contributed by atoms with van der Waals surface area (Å²) in [5, 5.41) is 11.9. The number of carboxylic acids is 1. The molecule has 1 rings (SSSR count). The maximum Gasteiger partial charge on any atom is 0.326 e. The van der Waals surface area contributed by atoms with E-state index in [0.717, 1.165) is 0 Å². The molecule has 1 aliphatic heterocycles. The van der Waals surface area contributed by atoms with E-state index < -0.39 is 12.0 Å². The van der Waals surface area contributed by atoms with Gasteiger partial charge in [-0.25, -0.2) is 4.79 Å². The molecule has 0 radical (unpaired) electrons. The fraction of sp³-hybridized carbons (Fsp3) is 0.812. The van der Waals surface area contributed by atoms with Gasteiger partial charge in [-0.1, -0.05) is 27.7 Å². The third kappa shape index (κ3) is 5.20. The minimum Gasteiger partial charge on any atom is -0.480 e. The average molecular weight is 327 g/mol. The number of aliphatic carboxylic acids is 1. The Morgan fingerprint density at radius 2 is 1.48 bits per heavy atom. The molecule has 0 aromatic rings. The van der Waals surface area contributed by atoms with E-state index in [1.165, 1.54) is 0 Å². The normalized spacial score (nSPS) is 18.8. The molecule has 23 heavy (non-hydrogen) atoms. The first-order valence-corrected chi connectivity index (χ1v) is 8.17. The molecule has 2 amide bonds. The summed E-state index contributed by atoms with van der Waals surface area (Å²) < 4.78 is 0. The number of amides is 2. The van der Waals surface area contributed by atoms with E-state index >= 15 is 0 Å². The fourth-order valence-corrected chi connectivity index (χ4v) is 2.96. The monoisotopic (exact) mass is 327 g/mol. The molecule has 1 fully saturated rings. The molecule has 1 aliphatic rings. The predicted molar refractivity (Wildman–Crippen MR) is 86.9 cm³/mol. The lowest BCUT2D eigenvalue weighted by molar-refractivity contribution is -0.145. The molecule has 0 spiro atoms. The summed E-state index contributed by atoms with van der Waals surface area (Å²) in [6.45, 7) is 11.4. The van der Waals surface area contributed by atoms with Crippen LogP contribution in [-0.2, 0) is 14.4 Å². The summed E-state index contributed by atoms with van der Waals surface area (Å²) in [5.74, 6) is -1.35. The Kier molecular flexibility index (Phi) is 7.00. The van der Waals surface area contributed by atoms with E-state index in [-0.39, 0.29) is 29.7 Å². The smallest absolute Gasteiger partial charge is 0.326 e. The first-order valence-electron chi connectivity index (χ1n) is 8.17. The zero-order valence-corrected chi connectivity index (χ0v) is 14.7. The van der Waals surface area contributed by atoms with Gasteiger partial charge in [0.1, 0.15) is 6.04 Å². The first kappa shape index (κ1) is 19.4. The Bertz CT molecular complexity index is 443. The van der Waals surface area contributed by atoms with Gasteiger partial charge >= 0.3 is 5.97 Å². The van der Waals surface area contributed by atoms with Gasteiger partial charge < -0.3 is 15.3 Å².